The van der Waals surface area contributed by atoms with Crippen LogP contribution in [0.15, 0.2) is 47.4 Å². The Morgan fingerprint density at radius 1 is 1.14 bits per heavy atom. The summed E-state index contributed by atoms with van der Waals surface area (Å²) >= 11 is 0. The number of rotatable bonds is 5. The van der Waals surface area contributed by atoms with Crippen LogP contribution in [0.5, 0.6) is 11.5 Å². The van der Waals surface area contributed by atoms with Gasteiger partial charge in [-0.3, -0.25) is 9.59 Å². The van der Waals surface area contributed by atoms with Crippen LogP contribution in [-0.4, -0.2) is 24.7 Å². The predicted octanol–water partition coefficient (Wildman–Crippen LogP) is 1.50. The van der Waals surface area contributed by atoms with Gasteiger partial charge in [-0.05, 0) is 18.2 Å². The minimum absolute atomic E-state index is 0.0476. The Morgan fingerprint density at radius 2 is 1.90 bits per heavy atom. The number of anilines is 1. The molecule has 0 aliphatic rings. The fourth-order valence-electron chi connectivity index (χ4n) is 1.86. The van der Waals surface area contributed by atoms with E-state index in [-0.39, 0.29) is 18.0 Å². The number of pyridine rings is 1. The van der Waals surface area contributed by atoms with Crippen molar-refractivity contribution < 1.29 is 14.3 Å². The van der Waals surface area contributed by atoms with Crippen LogP contribution in [-0.2, 0) is 11.3 Å². The largest absolute Gasteiger partial charge is 0.493 e. The second-order valence-electron chi connectivity index (χ2n) is 4.28. The smallest absolute Gasteiger partial charge is 0.250 e. The van der Waals surface area contributed by atoms with Crippen LogP contribution in [0, 0.1) is 0 Å². The Balaban J connectivity index is 2.10. The van der Waals surface area contributed by atoms with Crippen molar-refractivity contribution >= 4 is 11.6 Å². The summed E-state index contributed by atoms with van der Waals surface area (Å²) in [7, 11) is 3.06. The Hall–Kier alpha value is -2.76. The Morgan fingerprint density at radius 3 is 2.57 bits per heavy atom. The first kappa shape index (κ1) is 14.6. The monoisotopic (exact) mass is 288 g/mol. The number of methoxy groups -OCH3 is 2. The summed E-state index contributed by atoms with van der Waals surface area (Å²) in [4.78, 5) is 23.5. The van der Waals surface area contributed by atoms with E-state index in [0.29, 0.717) is 17.2 Å². The van der Waals surface area contributed by atoms with Gasteiger partial charge in [-0.2, -0.15) is 0 Å². The summed E-state index contributed by atoms with van der Waals surface area (Å²) < 4.78 is 11.6. The molecule has 0 bridgehead atoms. The molecule has 0 atom stereocenters. The molecule has 110 valence electrons. The molecule has 2 aromatic rings. The third-order valence-corrected chi connectivity index (χ3v) is 2.88. The lowest BCUT2D eigenvalue weighted by atomic mass is 10.2. The van der Waals surface area contributed by atoms with E-state index in [9.17, 15) is 9.59 Å². The van der Waals surface area contributed by atoms with Crippen LogP contribution < -0.4 is 20.3 Å². The zero-order valence-electron chi connectivity index (χ0n) is 11.8. The number of carbonyl (C=O) groups excluding carboxylic acids is 1. The number of nitrogens with one attached hydrogen (secondary N) is 1. The average Bonchev–Trinajstić information content (AvgIpc) is 2.49. The van der Waals surface area contributed by atoms with E-state index < -0.39 is 0 Å². The van der Waals surface area contributed by atoms with Gasteiger partial charge in [0.05, 0.1) is 14.2 Å². The first-order valence-electron chi connectivity index (χ1n) is 6.31. The van der Waals surface area contributed by atoms with Gasteiger partial charge in [-0.25, -0.2) is 0 Å². The normalized spacial score (nSPS) is 10.0. The highest BCUT2D eigenvalue weighted by atomic mass is 16.5. The maximum atomic E-state index is 11.9. The first-order valence-corrected chi connectivity index (χ1v) is 6.31. The molecule has 6 heteroatoms. The van der Waals surface area contributed by atoms with Crippen molar-refractivity contribution in [2.45, 2.75) is 6.54 Å². The fraction of sp³-hybridized carbons (Fsp3) is 0.200. The van der Waals surface area contributed by atoms with Gasteiger partial charge in [-0.1, -0.05) is 6.07 Å². The molecule has 0 saturated heterocycles. The van der Waals surface area contributed by atoms with Crippen LogP contribution in [0.4, 0.5) is 5.69 Å². The number of hydrogen-bond donors (Lipinski definition) is 1. The zero-order valence-corrected chi connectivity index (χ0v) is 11.8. The van der Waals surface area contributed by atoms with Gasteiger partial charge < -0.3 is 19.4 Å². The third-order valence-electron chi connectivity index (χ3n) is 2.88. The number of nitrogens with zero attached hydrogens (tertiary/aromatic N) is 1. The van der Waals surface area contributed by atoms with Crippen molar-refractivity contribution in [2.75, 3.05) is 19.5 Å². The molecule has 0 aliphatic heterocycles. The van der Waals surface area contributed by atoms with Crippen molar-refractivity contribution in [3.63, 3.8) is 0 Å². The van der Waals surface area contributed by atoms with E-state index in [2.05, 4.69) is 5.32 Å². The topological polar surface area (TPSA) is 69.6 Å². The van der Waals surface area contributed by atoms with Crippen molar-refractivity contribution in [2.24, 2.45) is 0 Å². The summed E-state index contributed by atoms with van der Waals surface area (Å²) in [6.45, 7) is -0.0476. The van der Waals surface area contributed by atoms with E-state index >= 15 is 0 Å². The van der Waals surface area contributed by atoms with Gasteiger partial charge in [0.15, 0.2) is 11.5 Å². The highest BCUT2D eigenvalue weighted by Crippen LogP contribution is 2.29. The van der Waals surface area contributed by atoms with Gasteiger partial charge in [0, 0.05) is 24.0 Å². The van der Waals surface area contributed by atoms with Crippen LogP contribution in [0.25, 0.3) is 0 Å². The summed E-state index contributed by atoms with van der Waals surface area (Å²) in [6, 6.07) is 9.79. The fourth-order valence-corrected chi connectivity index (χ4v) is 1.86. The molecule has 0 spiro atoms. The SMILES string of the molecule is COc1ccc(NC(=O)Cn2ccccc2=O)cc1OC. The van der Waals surface area contributed by atoms with Gasteiger partial charge in [0.2, 0.25) is 5.91 Å². The summed E-state index contributed by atoms with van der Waals surface area (Å²) in [5.41, 5.74) is 0.349. The molecule has 2 rings (SSSR count). The summed E-state index contributed by atoms with van der Waals surface area (Å²) in [6.07, 6.45) is 1.57. The second kappa shape index (κ2) is 6.60. The lowest BCUT2D eigenvalue weighted by Crippen LogP contribution is -2.26. The number of benzene rings is 1. The van der Waals surface area contributed by atoms with E-state index in [0.717, 1.165) is 0 Å². The molecule has 1 heterocycles. The molecular formula is C15H16N2O4. The molecule has 1 amide bonds. The molecule has 21 heavy (non-hydrogen) atoms. The van der Waals surface area contributed by atoms with Crippen LogP contribution in [0.2, 0.25) is 0 Å². The standard InChI is InChI=1S/C15H16N2O4/c1-20-12-7-6-11(9-13(12)21-2)16-14(18)10-17-8-4-3-5-15(17)19/h3-9H,10H2,1-2H3,(H,16,18). The molecule has 0 saturated carbocycles. The highest BCUT2D eigenvalue weighted by molar-refractivity contribution is 5.90. The Kier molecular flexibility index (Phi) is 4.61. The number of aromatic nitrogens is 1. The van der Waals surface area contributed by atoms with Crippen LogP contribution >= 0.6 is 0 Å². The Labute approximate surface area is 121 Å². The molecule has 1 aromatic carbocycles. The first-order chi connectivity index (χ1) is 10.1. The van der Waals surface area contributed by atoms with Crippen molar-refractivity contribution in [1.29, 1.82) is 0 Å². The lowest BCUT2D eigenvalue weighted by molar-refractivity contribution is -0.116. The van der Waals surface area contributed by atoms with E-state index in [1.807, 2.05) is 0 Å². The van der Waals surface area contributed by atoms with Crippen molar-refractivity contribution in [1.82, 2.24) is 4.57 Å². The molecule has 1 aromatic heterocycles. The summed E-state index contributed by atoms with van der Waals surface area (Å²) in [5.74, 6) is 0.803. The predicted molar refractivity (Wildman–Crippen MR) is 78.9 cm³/mol. The van der Waals surface area contributed by atoms with E-state index in [4.69, 9.17) is 9.47 Å². The minimum atomic E-state index is -0.296. The van der Waals surface area contributed by atoms with Gasteiger partial charge in [0.1, 0.15) is 6.54 Å². The number of hydrogen-bond acceptors (Lipinski definition) is 4. The van der Waals surface area contributed by atoms with Crippen molar-refractivity contribution in [3.8, 4) is 11.5 Å². The average molecular weight is 288 g/mol. The molecule has 6 nitrogen and oxygen atoms in total. The quantitative estimate of drug-likeness (QED) is 0.905. The molecular weight excluding hydrogens is 272 g/mol. The molecule has 1 N–H and O–H groups in total. The van der Waals surface area contributed by atoms with Crippen LogP contribution in [0.3, 0.4) is 0 Å². The highest BCUT2D eigenvalue weighted by Gasteiger charge is 2.08. The number of amides is 1. The summed E-state index contributed by atoms with van der Waals surface area (Å²) in [5, 5.41) is 2.71. The molecule has 0 fully saturated rings. The van der Waals surface area contributed by atoms with Gasteiger partial charge in [-0.15, -0.1) is 0 Å². The van der Waals surface area contributed by atoms with Crippen molar-refractivity contribution in [3.05, 3.63) is 52.9 Å². The number of carbonyl (C=O) groups is 1. The maximum Gasteiger partial charge on any atom is 0.250 e. The van der Waals surface area contributed by atoms with Gasteiger partial charge >= 0.3 is 0 Å². The molecule has 0 radical (unpaired) electrons. The molecule has 0 aliphatic carbocycles. The second-order valence-corrected chi connectivity index (χ2v) is 4.28. The van der Waals surface area contributed by atoms with Crippen LogP contribution in [0.1, 0.15) is 0 Å². The minimum Gasteiger partial charge on any atom is -0.493 e. The third kappa shape index (κ3) is 3.62. The maximum absolute atomic E-state index is 11.9. The van der Waals surface area contributed by atoms with E-state index in [1.54, 1.807) is 36.5 Å². The van der Waals surface area contributed by atoms with E-state index in [1.165, 1.54) is 24.9 Å². The Bertz CT molecular complexity index is 694. The zero-order chi connectivity index (χ0) is 15.2. The lowest BCUT2D eigenvalue weighted by Gasteiger charge is -2.11. The number of ether oxygens (including phenoxy) is 2. The molecule has 0 unspecified atom stereocenters. The van der Waals surface area contributed by atoms with Gasteiger partial charge in [0.25, 0.3) is 5.56 Å².